The summed E-state index contributed by atoms with van der Waals surface area (Å²) in [6, 6.07) is 0. The zero-order chi connectivity index (χ0) is 28.1. The Labute approximate surface area is 220 Å². The Morgan fingerprint density at radius 3 is 2.19 bits per heavy atom. The van der Waals surface area contributed by atoms with E-state index in [0.29, 0.717) is 12.8 Å². The summed E-state index contributed by atoms with van der Waals surface area (Å²) >= 11 is 0. The van der Waals surface area contributed by atoms with Crippen molar-refractivity contribution in [1.82, 2.24) is 0 Å². The Morgan fingerprint density at radius 1 is 1.03 bits per heavy atom. The minimum atomic E-state index is -1.95. The van der Waals surface area contributed by atoms with Gasteiger partial charge in [-0.15, -0.1) is 0 Å². The van der Waals surface area contributed by atoms with E-state index in [1.165, 1.54) is 32.9 Å². The average Bonchev–Trinajstić information content (AvgIpc) is 2.96. The minimum Gasteiger partial charge on any atom is -0.393 e. The molecule has 0 aromatic rings. The minimum absolute atomic E-state index is 0.0141. The first-order valence-corrected chi connectivity index (χ1v) is 13.5. The van der Waals surface area contributed by atoms with Gasteiger partial charge in [0.1, 0.15) is 17.5 Å². The summed E-state index contributed by atoms with van der Waals surface area (Å²) in [5.41, 5.74) is -5.46. The van der Waals surface area contributed by atoms with Gasteiger partial charge in [0.2, 0.25) is 0 Å². The number of hydrogen-bond acceptors (Lipinski definition) is 7. The lowest BCUT2D eigenvalue weighted by molar-refractivity contribution is -0.183. The van der Waals surface area contributed by atoms with E-state index >= 15 is 0 Å². The van der Waals surface area contributed by atoms with E-state index in [1.807, 2.05) is 27.7 Å². The van der Waals surface area contributed by atoms with Crippen LogP contribution in [-0.4, -0.2) is 61.2 Å². The van der Waals surface area contributed by atoms with Gasteiger partial charge >= 0.3 is 0 Å². The van der Waals surface area contributed by atoms with Crippen LogP contribution in [0.3, 0.4) is 0 Å². The number of allylic oxidation sites excluding steroid dienone is 2. The van der Waals surface area contributed by atoms with Crippen LogP contribution < -0.4 is 0 Å². The first-order chi connectivity index (χ1) is 16.7. The van der Waals surface area contributed by atoms with E-state index in [9.17, 15) is 34.8 Å². The molecule has 37 heavy (non-hydrogen) atoms. The summed E-state index contributed by atoms with van der Waals surface area (Å²) in [5, 5.41) is 43.7. The SMILES string of the molecule is CC(C)(O)C=CC(=O)[C@@](C)(O)[C@H]1[C@@H](O)C[C@]2(C)[C@H]3CC=C4[C@H](C[C@H](O)C(=O)C4(C)C)[C@@]3(C)C(=O)C[C@]12C. The molecule has 0 aromatic heterocycles. The lowest BCUT2D eigenvalue weighted by Crippen LogP contribution is -2.65. The molecule has 0 unspecified atom stereocenters. The molecule has 206 valence electrons. The van der Waals surface area contributed by atoms with Crippen LogP contribution in [0.4, 0.5) is 0 Å². The Bertz CT molecular complexity index is 1090. The van der Waals surface area contributed by atoms with Gasteiger partial charge < -0.3 is 20.4 Å². The second-order valence-corrected chi connectivity index (χ2v) is 14.2. The molecule has 4 rings (SSSR count). The van der Waals surface area contributed by atoms with Crippen LogP contribution in [0.2, 0.25) is 0 Å². The van der Waals surface area contributed by atoms with Gasteiger partial charge in [0, 0.05) is 23.2 Å². The number of aliphatic hydroxyl groups excluding tert-OH is 2. The number of carbonyl (C=O) groups excluding carboxylic acids is 3. The van der Waals surface area contributed by atoms with Gasteiger partial charge in [-0.3, -0.25) is 14.4 Å². The Hall–Kier alpha value is -1.67. The predicted molar refractivity (Wildman–Crippen MR) is 138 cm³/mol. The van der Waals surface area contributed by atoms with Gasteiger partial charge in [0.05, 0.1) is 11.7 Å². The number of carbonyl (C=O) groups is 3. The molecule has 0 spiro atoms. The molecule has 4 aliphatic carbocycles. The predicted octanol–water partition coefficient (Wildman–Crippen LogP) is 2.93. The molecule has 3 saturated carbocycles. The fraction of sp³-hybridized carbons (Fsp3) is 0.767. The molecule has 9 atom stereocenters. The van der Waals surface area contributed by atoms with Crippen molar-refractivity contribution in [2.75, 3.05) is 0 Å². The highest BCUT2D eigenvalue weighted by molar-refractivity contribution is 5.98. The van der Waals surface area contributed by atoms with Gasteiger partial charge in [-0.05, 0) is 82.6 Å². The van der Waals surface area contributed by atoms with Crippen molar-refractivity contribution >= 4 is 17.3 Å². The molecule has 0 saturated heterocycles. The Balaban J connectivity index is 1.80. The maximum absolute atomic E-state index is 14.2. The maximum atomic E-state index is 14.2. The van der Waals surface area contributed by atoms with Gasteiger partial charge in [0.15, 0.2) is 11.6 Å². The van der Waals surface area contributed by atoms with E-state index in [1.54, 1.807) is 0 Å². The van der Waals surface area contributed by atoms with Crippen LogP contribution in [-0.2, 0) is 14.4 Å². The molecule has 0 heterocycles. The highest BCUT2D eigenvalue weighted by Crippen LogP contribution is 2.74. The smallest absolute Gasteiger partial charge is 0.187 e. The van der Waals surface area contributed by atoms with Crippen LogP contribution in [0.5, 0.6) is 0 Å². The van der Waals surface area contributed by atoms with Gasteiger partial charge in [-0.1, -0.05) is 38.5 Å². The zero-order valence-electron chi connectivity index (χ0n) is 23.5. The van der Waals surface area contributed by atoms with Crippen LogP contribution in [0, 0.1) is 39.4 Å². The van der Waals surface area contributed by atoms with E-state index in [4.69, 9.17) is 0 Å². The normalized spacial score (nSPS) is 45.1. The first-order valence-electron chi connectivity index (χ1n) is 13.5. The second kappa shape index (κ2) is 8.17. The van der Waals surface area contributed by atoms with Crippen molar-refractivity contribution in [3.63, 3.8) is 0 Å². The number of ketones is 3. The van der Waals surface area contributed by atoms with Crippen molar-refractivity contribution in [2.24, 2.45) is 39.4 Å². The average molecular weight is 517 g/mol. The lowest BCUT2D eigenvalue weighted by Gasteiger charge is -2.64. The van der Waals surface area contributed by atoms with Crippen LogP contribution in [0.15, 0.2) is 23.8 Å². The lowest BCUT2D eigenvalue weighted by atomic mass is 9.38. The van der Waals surface area contributed by atoms with Crippen LogP contribution in [0.25, 0.3) is 0 Å². The van der Waals surface area contributed by atoms with Crippen molar-refractivity contribution < 1.29 is 34.8 Å². The highest BCUT2D eigenvalue weighted by Gasteiger charge is 2.74. The quantitative estimate of drug-likeness (QED) is 0.334. The molecule has 0 radical (unpaired) electrons. The highest BCUT2D eigenvalue weighted by atomic mass is 16.3. The molecule has 4 N–H and O–H groups in total. The summed E-state index contributed by atoms with van der Waals surface area (Å²) in [6.07, 6.45) is 3.54. The van der Waals surface area contributed by atoms with E-state index < -0.39 is 56.8 Å². The van der Waals surface area contributed by atoms with Crippen molar-refractivity contribution in [3.05, 3.63) is 23.8 Å². The number of rotatable bonds is 4. The number of aliphatic hydroxyl groups is 4. The maximum Gasteiger partial charge on any atom is 0.187 e. The standard InChI is InChI=1S/C30H44O7/c1-25(2,36)12-11-21(33)30(8,37)23-19(32)14-27(5)20-10-9-16-17(13-18(31)24(35)26(16,3)4)29(20,7)22(34)15-28(23,27)6/h9,11-12,17-20,23,31-32,36-37H,10,13-15H2,1-8H3/t17-,18-,19-,20+,23-,27+,28+,29+,30+/m0/s1. The summed E-state index contributed by atoms with van der Waals surface area (Å²) in [7, 11) is 0. The molecular weight excluding hydrogens is 472 g/mol. The fourth-order valence-electron chi connectivity index (χ4n) is 9.00. The van der Waals surface area contributed by atoms with Gasteiger partial charge in [-0.2, -0.15) is 0 Å². The summed E-state index contributed by atoms with van der Waals surface area (Å²) in [5.74, 6) is -2.24. The third-order valence-electron chi connectivity index (χ3n) is 11.1. The molecule has 4 aliphatic rings. The summed E-state index contributed by atoms with van der Waals surface area (Å²) < 4.78 is 0. The molecule has 0 bridgehead atoms. The Morgan fingerprint density at radius 2 is 1.62 bits per heavy atom. The van der Waals surface area contributed by atoms with E-state index in [2.05, 4.69) is 13.0 Å². The molecular formula is C30H44O7. The molecule has 0 amide bonds. The van der Waals surface area contributed by atoms with Gasteiger partial charge in [0.25, 0.3) is 0 Å². The number of fused-ring (bicyclic) bond motifs is 5. The fourth-order valence-corrected chi connectivity index (χ4v) is 9.00. The molecule has 0 aromatic carbocycles. The molecule has 3 fully saturated rings. The Kier molecular flexibility index (Phi) is 6.26. The van der Waals surface area contributed by atoms with E-state index in [0.717, 1.165) is 5.57 Å². The summed E-state index contributed by atoms with van der Waals surface area (Å²) in [4.78, 5) is 40.2. The second-order valence-electron chi connectivity index (χ2n) is 14.2. The monoisotopic (exact) mass is 516 g/mol. The third kappa shape index (κ3) is 3.71. The summed E-state index contributed by atoms with van der Waals surface area (Å²) in [6.45, 7) is 14.0. The first kappa shape index (κ1) is 28.3. The topological polar surface area (TPSA) is 132 Å². The van der Waals surface area contributed by atoms with Crippen molar-refractivity contribution in [1.29, 1.82) is 0 Å². The van der Waals surface area contributed by atoms with E-state index in [-0.39, 0.29) is 36.2 Å². The molecule has 7 nitrogen and oxygen atoms in total. The number of hydrogen-bond donors (Lipinski definition) is 4. The zero-order valence-corrected chi connectivity index (χ0v) is 23.5. The third-order valence-corrected chi connectivity index (χ3v) is 11.1. The molecule has 0 aliphatic heterocycles. The molecule has 7 heteroatoms. The van der Waals surface area contributed by atoms with Crippen LogP contribution >= 0.6 is 0 Å². The van der Waals surface area contributed by atoms with Gasteiger partial charge in [-0.25, -0.2) is 0 Å². The van der Waals surface area contributed by atoms with Crippen molar-refractivity contribution in [3.8, 4) is 0 Å². The largest absolute Gasteiger partial charge is 0.393 e. The number of Topliss-reactive ketones (excluding diaryl/α,β-unsaturated/α-hetero) is 2. The van der Waals surface area contributed by atoms with Crippen molar-refractivity contribution in [2.45, 2.75) is 104 Å². The van der Waals surface area contributed by atoms with Crippen LogP contribution in [0.1, 0.15) is 81.1 Å².